The Morgan fingerprint density at radius 2 is 1.65 bits per heavy atom. The topological polar surface area (TPSA) is 59.6 Å². The van der Waals surface area contributed by atoms with Crippen LogP contribution in [0.3, 0.4) is 0 Å². The molecular formula is C32H30N2O3. The number of carbonyl (C=O) groups excluding carboxylic acids is 1. The van der Waals surface area contributed by atoms with Crippen molar-refractivity contribution in [3.05, 3.63) is 113 Å². The fourth-order valence-corrected chi connectivity index (χ4v) is 5.58. The van der Waals surface area contributed by atoms with Crippen molar-refractivity contribution in [3.8, 4) is 11.5 Å². The zero-order valence-electron chi connectivity index (χ0n) is 21.3. The summed E-state index contributed by atoms with van der Waals surface area (Å²) >= 11 is 0. The van der Waals surface area contributed by atoms with Crippen LogP contribution in [-0.4, -0.2) is 12.0 Å². The molecule has 0 radical (unpaired) electrons. The molecule has 0 saturated carbocycles. The second-order valence-electron chi connectivity index (χ2n) is 9.89. The number of hydrogen-bond donors (Lipinski definition) is 2. The second-order valence-corrected chi connectivity index (χ2v) is 9.89. The van der Waals surface area contributed by atoms with E-state index in [9.17, 15) is 4.79 Å². The van der Waals surface area contributed by atoms with Gasteiger partial charge in [-0.2, -0.15) is 0 Å². The molecule has 2 aliphatic heterocycles. The molecule has 0 bridgehead atoms. The van der Waals surface area contributed by atoms with Crippen molar-refractivity contribution in [1.82, 2.24) is 0 Å². The van der Waals surface area contributed by atoms with E-state index in [0.29, 0.717) is 17.1 Å². The predicted octanol–water partition coefficient (Wildman–Crippen LogP) is 7.91. The standard InChI is InChI=1S/C32H30N2O3/c1-4-11-21(3)33-26-16-10-17-28-30(26)32(24-15-9-8-14-23(24)31(35)37-32)25-19-27(20(2)18-29(25)36-28)34-22-12-6-5-7-13-22/h5-10,12-19,21,33-34H,4,11H2,1-3H3. The third kappa shape index (κ3) is 3.73. The van der Waals surface area contributed by atoms with Crippen molar-refractivity contribution in [2.24, 2.45) is 0 Å². The molecule has 4 aromatic rings. The van der Waals surface area contributed by atoms with E-state index in [0.717, 1.165) is 52.2 Å². The number of anilines is 3. The van der Waals surface area contributed by atoms with Gasteiger partial charge in [-0.15, -0.1) is 0 Å². The van der Waals surface area contributed by atoms with Crippen LogP contribution < -0.4 is 15.4 Å². The first-order chi connectivity index (χ1) is 18.0. The van der Waals surface area contributed by atoms with Gasteiger partial charge in [-0.1, -0.05) is 55.8 Å². The Balaban J connectivity index is 1.60. The summed E-state index contributed by atoms with van der Waals surface area (Å²) in [5, 5.41) is 7.22. The summed E-state index contributed by atoms with van der Waals surface area (Å²) in [6.45, 7) is 6.40. The molecule has 0 fully saturated rings. The summed E-state index contributed by atoms with van der Waals surface area (Å²) in [7, 11) is 0. The molecule has 0 amide bonds. The number of benzene rings is 4. The molecule has 5 heteroatoms. The van der Waals surface area contributed by atoms with Crippen LogP contribution in [0.4, 0.5) is 17.1 Å². The van der Waals surface area contributed by atoms with Crippen molar-refractivity contribution in [1.29, 1.82) is 0 Å². The Morgan fingerprint density at radius 3 is 2.46 bits per heavy atom. The average Bonchev–Trinajstić information content (AvgIpc) is 3.18. The number of nitrogens with one attached hydrogen (secondary N) is 2. The number of hydrogen-bond acceptors (Lipinski definition) is 5. The first-order valence-corrected chi connectivity index (χ1v) is 12.9. The SMILES string of the molecule is CCCC(C)Nc1cccc2c1C1(OC(=O)c3ccccc31)c1cc(Nc3ccccc3)c(C)cc1O2. The number of esters is 1. The van der Waals surface area contributed by atoms with Gasteiger partial charge >= 0.3 is 5.97 Å². The molecule has 4 aromatic carbocycles. The molecular weight excluding hydrogens is 460 g/mol. The molecule has 2 unspecified atom stereocenters. The van der Waals surface area contributed by atoms with E-state index >= 15 is 0 Å². The minimum Gasteiger partial charge on any atom is -0.456 e. The fourth-order valence-electron chi connectivity index (χ4n) is 5.58. The van der Waals surface area contributed by atoms with Crippen LogP contribution in [0.5, 0.6) is 11.5 Å². The van der Waals surface area contributed by atoms with E-state index in [-0.39, 0.29) is 12.0 Å². The Bertz CT molecular complexity index is 1500. The van der Waals surface area contributed by atoms with Crippen LogP contribution in [0, 0.1) is 6.92 Å². The molecule has 1 spiro atoms. The van der Waals surface area contributed by atoms with Crippen LogP contribution in [0.2, 0.25) is 0 Å². The minimum atomic E-state index is -1.13. The Hall–Kier alpha value is -4.25. The fraction of sp³-hybridized carbons (Fsp3) is 0.219. The van der Waals surface area contributed by atoms with Crippen molar-refractivity contribution in [3.63, 3.8) is 0 Å². The predicted molar refractivity (Wildman–Crippen MR) is 147 cm³/mol. The monoisotopic (exact) mass is 490 g/mol. The molecule has 37 heavy (non-hydrogen) atoms. The van der Waals surface area contributed by atoms with E-state index in [4.69, 9.17) is 9.47 Å². The van der Waals surface area contributed by atoms with E-state index in [2.05, 4.69) is 37.5 Å². The lowest BCUT2D eigenvalue weighted by atomic mass is 9.76. The Labute approximate surface area is 217 Å². The molecule has 2 heterocycles. The molecule has 0 saturated heterocycles. The maximum Gasteiger partial charge on any atom is 0.340 e. The van der Waals surface area contributed by atoms with Crippen LogP contribution in [0.15, 0.2) is 84.9 Å². The summed E-state index contributed by atoms with van der Waals surface area (Å²) in [5.41, 5.74) is 5.77. The van der Waals surface area contributed by atoms with Crippen LogP contribution in [0.1, 0.15) is 59.3 Å². The van der Waals surface area contributed by atoms with Gasteiger partial charge in [0.1, 0.15) is 11.5 Å². The highest BCUT2D eigenvalue weighted by Crippen LogP contribution is 2.58. The molecule has 2 aliphatic rings. The van der Waals surface area contributed by atoms with Gasteiger partial charge in [0.2, 0.25) is 0 Å². The first-order valence-electron chi connectivity index (χ1n) is 12.9. The molecule has 6 rings (SSSR count). The first kappa shape index (κ1) is 23.2. The van der Waals surface area contributed by atoms with Gasteiger partial charge in [-0.25, -0.2) is 4.79 Å². The highest BCUT2D eigenvalue weighted by atomic mass is 16.6. The van der Waals surface area contributed by atoms with E-state index in [1.54, 1.807) is 0 Å². The van der Waals surface area contributed by atoms with Crippen molar-refractivity contribution in [2.75, 3.05) is 10.6 Å². The van der Waals surface area contributed by atoms with Gasteiger partial charge in [0, 0.05) is 34.2 Å². The Kier molecular flexibility index (Phi) is 5.64. The molecule has 0 aromatic heterocycles. The molecule has 2 N–H and O–H groups in total. The van der Waals surface area contributed by atoms with Gasteiger partial charge in [-0.05, 0) is 68.3 Å². The number of carbonyl (C=O) groups is 1. The number of ether oxygens (including phenoxy) is 2. The summed E-state index contributed by atoms with van der Waals surface area (Å²) in [4.78, 5) is 13.3. The highest BCUT2D eigenvalue weighted by Gasteiger charge is 2.55. The van der Waals surface area contributed by atoms with E-state index in [1.807, 2.05) is 78.9 Å². The van der Waals surface area contributed by atoms with Crippen LogP contribution in [0.25, 0.3) is 0 Å². The quantitative estimate of drug-likeness (QED) is 0.269. The zero-order valence-corrected chi connectivity index (χ0v) is 21.3. The van der Waals surface area contributed by atoms with Gasteiger partial charge in [0.05, 0.1) is 11.1 Å². The zero-order chi connectivity index (χ0) is 25.6. The summed E-state index contributed by atoms with van der Waals surface area (Å²) in [6.07, 6.45) is 2.09. The highest BCUT2D eigenvalue weighted by molar-refractivity contribution is 5.97. The number of aryl methyl sites for hydroxylation is 1. The number of para-hydroxylation sites is 1. The molecule has 5 nitrogen and oxygen atoms in total. The van der Waals surface area contributed by atoms with E-state index < -0.39 is 5.60 Å². The number of fused-ring (bicyclic) bond motifs is 6. The molecule has 186 valence electrons. The van der Waals surface area contributed by atoms with Crippen LogP contribution in [-0.2, 0) is 10.3 Å². The summed E-state index contributed by atoms with van der Waals surface area (Å²) < 4.78 is 13.0. The molecule has 2 atom stereocenters. The lowest BCUT2D eigenvalue weighted by Gasteiger charge is -2.38. The normalized spacial score (nSPS) is 17.8. The third-order valence-electron chi connectivity index (χ3n) is 7.25. The van der Waals surface area contributed by atoms with Gasteiger partial charge in [0.25, 0.3) is 0 Å². The summed E-state index contributed by atoms with van der Waals surface area (Å²) in [5.74, 6) is 1.05. The largest absolute Gasteiger partial charge is 0.456 e. The van der Waals surface area contributed by atoms with Crippen molar-refractivity contribution in [2.45, 2.75) is 45.3 Å². The van der Waals surface area contributed by atoms with E-state index in [1.165, 1.54) is 0 Å². The summed E-state index contributed by atoms with van der Waals surface area (Å²) in [6, 6.07) is 28.1. The third-order valence-corrected chi connectivity index (χ3v) is 7.25. The maximum atomic E-state index is 13.3. The van der Waals surface area contributed by atoms with Gasteiger partial charge < -0.3 is 20.1 Å². The van der Waals surface area contributed by atoms with Gasteiger partial charge in [0.15, 0.2) is 5.60 Å². The maximum absolute atomic E-state index is 13.3. The lowest BCUT2D eigenvalue weighted by Crippen LogP contribution is -2.34. The van der Waals surface area contributed by atoms with Gasteiger partial charge in [-0.3, -0.25) is 0 Å². The van der Waals surface area contributed by atoms with Crippen molar-refractivity contribution >= 4 is 23.0 Å². The Morgan fingerprint density at radius 1 is 0.865 bits per heavy atom. The van der Waals surface area contributed by atoms with Crippen LogP contribution >= 0.6 is 0 Å². The molecule has 0 aliphatic carbocycles. The second kappa shape index (κ2) is 9.00. The average molecular weight is 491 g/mol. The minimum absolute atomic E-state index is 0.246. The number of rotatable bonds is 6. The lowest BCUT2D eigenvalue weighted by molar-refractivity contribution is 0.0227. The van der Waals surface area contributed by atoms with Crippen molar-refractivity contribution < 1.29 is 14.3 Å². The smallest absolute Gasteiger partial charge is 0.340 e.